The van der Waals surface area contributed by atoms with Gasteiger partial charge in [-0.25, -0.2) is 8.78 Å². The summed E-state index contributed by atoms with van der Waals surface area (Å²) < 4.78 is 31.9. The van der Waals surface area contributed by atoms with E-state index >= 15 is 0 Å². The number of ether oxygens (including phenoxy) is 1. The fraction of sp³-hybridized carbons (Fsp3) is 0.632. The molecule has 1 fully saturated rings. The van der Waals surface area contributed by atoms with E-state index in [1.54, 1.807) is 13.1 Å². The van der Waals surface area contributed by atoms with Gasteiger partial charge in [-0.3, -0.25) is 14.6 Å². The summed E-state index contributed by atoms with van der Waals surface area (Å²) in [5.74, 6) is -1.84. The highest BCUT2D eigenvalue weighted by atomic mass is 19.2. The van der Waals surface area contributed by atoms with E-state index in [2.05, 4.69) is 24.1 Å². The van der Waals surface area contributed by atoms with Crippen LogP contribution in [-0.2, 0) is 9.53 Å². The first-order chi connectivity index (χ1) is 12.2. The summed E-state index contributed by atoms with van der Waals surface area (Å²) in [4.78, 5) is 16.4. The number of nitrogens with zero attached hydrogens (tertiary/aromatic N) is 2. The zero-order chi connectivity index (χ0) is 19.3. The molecule has 1 unspecified atom stereocenters. The number of halogens is 2. The molecule has 0 saturated carbocycles. The zero-order valence-electron chi connectivity index (χ0n) is 16.0. The molecule has 1 amide bonds. The van der Waals surface area contributed by atoms with Crippen LogP contribution in [-0.4, -0.2) is 67.7 Å². The molecule has 5 nitrogen and oxygen atoms in total. The largest absolute Gasteiger partial charge is 0.379 e. The summed E-state index contributed by atoms with van der Waals surface area (Å²) in [6, 6.07) is 3.62. The molecule has 1 saturated heterocycles. The fourth-order valence-corrected chi connectivity index (χ4v) is 3.04. The van der Waals surface area contributed by atoms with E-state index in [0.29, 0.717) is 25.3 Å². The first kappa shape index (κ1) is 20.7. The third-order valence-corrected chi connectivity index (χ3v) is 5.07. The second-order valence-electron chi connectivity index (χ2n) is 7.45. The van der Waals surface area contributed by atoms with Gasteiger partial charge in [-0.2, -0.15) is 0 Å². The van der Waals surface area contributed by atoms with Gasteiger partial charge in [0, 0.05) is 31.2 Å². The molecule has 7 heteroatoms. The number of likely N-dealkylation sites (N-methyl/N-ethyl adjacent to an activating group) is 1. The summed E-state index contributed by atoms with van der Waals surface area (Å²) >= 11 is 0. The van der Waals surface area contributed by atoms with Crippen molar-refractivity contribution in [3.8, 4) is 0 Å². The number of nitrogens with one attached hydrogen (secondary N) is 1. The van der Waals surface area contributed by atoms with Crippen LogP contribution in [0.2, 0.25) is 0 Å². The number of carbonyl (C=O) groups excluding carboxylic acids is 1. The van der Waals surface area contributed by atoms with Crippen LogP contribution in [0.1, 0.15) is 32.4 Å². The van der Waals surface area contributed by atoms with Gasteiger partial charge in [-0.05, 0) is 45.5 Å². The molecular weight excluding hydrogens is 340 g/mol. The topological polar surface area (TPSA) is 44.8 Å². The molecule has 0 spiro atoms. The lowest BCUT2D eigenvalue weighted by molar-refractivity contribution is -0.123. The monoisotopic (exact) mass is 369 g/mol. The lowest BCUT2D eigenvalue weighted by Gasteiger charge is -2.41. The van der Waals surface area contributed by atoms with Gasteiger partial charge in [-0.15, -0.1) is 0 Å². The van der Waals surface area contributed by atoms with Crippen LogP contribution < -0.4 is 5.32 Å². The van der Waals surface area contributed by atoms with E-state index in [0.717, 1.165) is 19.2 Å². The Hall–Kier alpha value is -1.57. The molecule has 1 aliphatic rings. The maximum absolute atomic E-state index is 13.4. The highest BCUT2D eigenvalue weighted by molar-refractivity contribution is 5.78. The molecule has 1 aromatic carbocycles. The van der Waals surface area contributed by atoms with Gasteiger partial charge in [-0.1, -0.05) is 6.07 Å². The van der Waals surface area contributed by atoms with Gasteiger partial charge in [0.15, 0.2) is 11.6 Å². The summed E-state index contributed by atoms with van der Waals surface area (Å²) in [7, 11) is 1.79. The number of morpholine rings is 1. The van der Waals surface area contributed by atoms with Gasteiger partial charge in [0.1, 0.15) is 0 Å². The van der Waals surface area contributed by atoms with Crippen LogP contribution in [0.25, 0.3) is 0 Å². The van der Waals surface area contributed by atoms with Crippen LogP contribution in [0.4, 0.5) is 8.78 Å². The molecule has 1 heterocycles. The van der Waals surface area contributed by atoms with Crippen LogP contribution >= 0.6 is 0 Å². The average Bonchev–Trinajstić information content (AvgIpc) is 2.62. The molecular formula is C19H29F2N3O2. The van der Waals surface area contributed by atoms with E-state index in [9.17, 15) is 13.6 Å². The standard InChI is InChI=1S/C19H29F2N3O2/c1-14(15-5-6-16(20)17(21)11-15)23(4)12-18(25)22-13-19(2,3)24-7-9-26-10-8-24/h5-6,11,14H,7-10,12-13H2,1-4H3,(H,22,25). The minimum Gasteiger partial charge on any atom is -0.379 e. The van der Waals surface area contributed by atoms with Gasteiger partial charge in [0.25, 0.3) is 0 Å². The van der Waals surface area contributed by atoms with E-state index in [-0.39, 0.29) is 24.0 Å². The first-order valence-electron chi connectivity index (χ1n) is 8.95. The van der Waals surface area contributed by atoms with Crippen molar-refractivity contribution in [2.24, 2.45) is 0 Å². The van der Waals surface area contributed by atoms with Crippen molar-refractivity contribution < 1.29 is 18.3 Å². The molecule has 0 aromatic heterocycles. The van der Waals surface area contributed by atoms with Crippen molar-refractivity contribution in [3.05, 3.63) is 35.4 Å². The number of hydrogen-bond acceptors (Lipinski definition) is 4. The minimum atomic E-state index is -0.875. The molecule has 0 bridgehead atoms. The van der Waals surface area contributed by atoms with Crippen molar-refractivity contribution in [1.82, 2.24) is 15.1 Å². The van der Waals surface area contributed by atoms with E-state index in [1.807, 2.05) is 11.8 Å². The van der Waals surface area contributed by atoms with Crippen LogP contribution in [0, 0.1) is 11.6 Å². The van der Waals surface area contributed by atoms with Gasteiger partial charge in [0.05, 0.1) is 19.8 Å². The quantitative estimate of drug-likeness (QED) is 0.800. The predicted molar refractivity (Wildman–Crippen MR) is 96.9 cm³/mol. The molecule has 0 aliphatic carbocycles. The summed E-state index contributed by atoms with van der Waals surface area (Å²) in [5, 5.41) is 2.98. The molecule has 2 rings (SSSR count). The van der Waals surface area contributed by atoms with Crippen LogP contribution in [0.15, 0.2) is 18.2 Å². The smallest absolute Gasteiger partial charge is 0.234 e. The van der Waals surface area contributed by atoms with Crippen LogP contribution in [0.5, 0.6) is 0 Å². The van der Waals surface area contributed by atoms with Gasteiger partial charge in [0.2, 0.25) is 5.91 Å². The van der Waals surface area contributed by atoms with Crippen molar-refractivity contribution in [3.63, 3.8) is 0 Å². The fourth-order valence-electron chi connectivity index (χ4n) is 3.04. The lowest BCUT2D eigenvalue weighted by atomic mass is 10.0. The summed E-state index contributed by atoms with van der Waals surface area (Å²) in [6.45, 7) is 9.93. The highest BCUT2D eigenvalue weighted by Crippen LogP contribution is 2.20. The van der Waals surface area contributed by atoms with Crippen molar-refractivity contribution in [2.75, 3.05) is 46.4 Å². The van der Waals surface area contributed by atoms with E-state index in [1.165, 1.54) is 6.07 Å². The maximum atomic E-state index is 13.4. The second-order valence-corrected chi connectivity index (χ2v) is 7.45. The Morgan fingerprint density at radius 1 is 1.31 bits per heavy atom. The minimum absolute atomic E-state index is 0.0942. The molecule has 26 heavy (non-hydrogen) atoms. The maximum Gasteiger partial charge on any atom is 0.234 e. The van der Waals surface area contributed by atoms with Gasteiger partial charge < -0.3 is 10.1 Å². The Bertz CT molecular complexity index is 619. The predicted octanol–water partition coefficient (Wildman–Crippen LogP) is 2.18. The Morgan fingerprint density at radius 3 is 2.58 bits per heavy atom. The third-order valence-electron chi connectivity index (χ3n) is 5.07. The SMILES string of the molecule is CC(c1ccc(F)c(F)c1)N(C)CC(=O)NCC(C)(C)N1CCOCC1. The number of carbonyl (C=O) groups is 1. The molecule has 1 atom stereocenters. The Morgan fingerprint density at radius 2 is 1.96 bits per heavy atom. The molecule has 1 N–H and O–H groups in total. The van der Waals surface area contributed by atoms with Crippen molar-refractivity contribution >= 4 is 5.91 Å². The van der Waals surface area contributed by atoms with Crippen molar-refractivity contribution in [2.45, 2.75) is 32.4 Å². The Balaban J connectivity index is 1.85. The Labute approximate surface area is 154 Å². The van der Waals surface area contributed by atoms with E-state index < -0.39 is 11.6 Å². The molecule has 1 aromatic rings. The molecule has 0 radical (unpaired) electrons. The number of amides is 1. The van der Waals surface area contributed by atoms with E-state index in [4.69, 9.17) is 4.74 Å². The Kier molecular flexibility index (Phi) is 7.08. The highest BCUT2D eigenvalue weighted by Gasteiger charge is 2.28. The van der Waals surface area contributed by atoms with Gasteiger partial charge >= 0.3 is 0 Å². The zero-order valence-corrected chi connectivity index (χ0v) is 16.0. The van der Waals surface area contributed by atoms with Crippen LogP contribution in [0.3, 0.4) is 0 Å². The number of rotatable bonds is 7. The summed E-state index contributed by atoms with van der Waals surface area (Å²) in [5.41, 5.74) is 0.483. The molecule has 146 valence electrons. The lowest BCUT2D eigenvalue weighted by Crippen LogP contribution is -2.56. The molecule has 1 aliphatic heterocycles. The normalized spacial score (nSPS) is 17.3. The third kappa shape index (κ3) is 5.46. The first-order valence-corrected chi connectivity index (χ1v) is 8.95. The second kappa shape index (κ2) is 8.88. The summed E-state index contributed by atoms with van der Waals surface area (Å²) in [6.07, 6.45) is 0. The average molecular weight is 369 g/mol. The van der Waals surface area contributed by atoms with Crippen molar-refractivity contribution in [1.29, 1.82) is 0 Å². The number of hydrogen-bond donors (Lipinski definition) is 1. The number of benzene rings is 1.